The second-order valence-electron chi connectivity index (χ2n) is 5.19. The minimum absolute atomic E-state index is 0.507. The van der Waals surface area contributed by atoms with Crippen LogP contribution < -0.4 is 10.1 Å². The Hall–Kier alpha value is -1.48. The van der Waals surface area contributed by atoms with Crippen molar-refractivity contribution >= 4 is 21.6 Å². The van der Waals surface area contributed by atoms with Crippen LogP contribution in [0.5, 0.6) is 5.75 Å². The molecule has 1 aliphatic heterocycles. The molecule has 0 aromatic heterocycles. The summed E-state index contributed by atoms with van der Waals surface area (Å²) in [5.41, 5.74) is 3.73. The van der Waals surface area contributed by atoms with Crippen molar-refractivity contribution in [2.45, 2.75) is 19.3 Å². The maximum Gasteiger partial charge on any atom is 0.122 e. The van der Waals surface area contributed by atoms with Crippen LogP contribution >= 0.6 is 15.9 Å². The summed E-state index contributed by atoms with van der Waals surface area (Å²) in [6.45, 7) is 3.85. The molecule has 0 saturated carbocycles. The highest BCUT2D eigenvalue weighted by atomic mass is 79.9. The maximum absolute atomic E-state index is 5.71. The second-order valence-corrected chi connectivity index (χ2v) is 5.98. The molecule has 1 N–H and O–H groups in total. The number of rotatable bonds is 3. The number of aryl methyl sites for hydroxylation is 1. The third-order valence-corrected chi connectivity index (χ3v) is 4.87. The van der Waals surface area contributed by atoms with Gasteiger partial charge in [-0.05, 0) is 52.5 Å². The molecule has 1 atom stereocenters. The molecule has 0 bridgehead atoms. The molecule has 0 spiro atoms. The van der Waals surface area contributed by atoms with E-state index in [1.54, 1.807) is 0 Å². The summed E-state index contributed by atoms with van der Waals surface area (Å²) in [5, 5.41) is 3.56. The van der Waals surface area contributed by atoms with Gasteiger partial charge < -0.3 is 10.1 Å². The van der Waals surface area contributed by atoms with E-state index < -0.39 is 0 Å². The minimum atomic E-state index is 0.507. The fraction of sp³-hybridized carbons (Fsp3) is 0.294. The van der Waals surface area contributed by atoms with Crippen molar-refractivity contribution in [1.29, 1.82) is 0 Å². The van der Waals surface area contributed by atoms with Gasteiger partial charge in [-0.1, -0.05) is 30.3 Å². The van der Waals surface area contributed by atoms with Crippen LogP contribution in [0.15, 0.2) is 46.9 Å². The highest BCUT2D eigenvalue weighted by Gasteiger charge is 2.20. The molecule has 104 valence electrons. The van der Waals surface area contributed by atoms with Crippen LogP contribution in [-0.4, -0.2) is 13.2 Å². The first-order chi connectivity index (χ1) is 9.75. The van der Waals surface area contributed by atoms with Gasteiger partial charge in [-0.15, -0.1) is 0 Å². The molecule has 2 aromatic rings. The Balaban J connectivity index is 1.75. The lowest BCUT2D eigenvalue weighted by atomic mass is 9.93. The third-order valence-electron chi connectivity index (χ3n) is 3.81. The largest absolute Gasteiger partial charge is 0.493 e. The van der Waals surface area contributed by atoms with Crippen LogP contribution in [0.2, 0.25) is 0 Å². The first kappa shape index (κ1) is 13.5. The van der Waals surface area contributed by atoms with Crippen molar-refractivity contribution in [3.8, 4) is 5.75 Å². The van der Waals surface area contributed by atoms with E-state index in [1.807, 2.05) is 6.07 Å². The molecule has 0 aliphatic carbocycles. The summed E-state index contributed by atoms with van der Waals surface area (Å²) < 4.78 is 6.86. The van der Waals surface area contributed by atoms with E-state index in [4.69, 9.17) is 4.74 Å². The molecule has 3 heteroatoms. The lowest BCUT2D eigenvalue weighted by molar-refractivity contribution is 0.270. The van der Waals surface area contributed by atoms with Crippen molar-refractivity contribution in [3.63, 3.8) is 0 Å². The summed E-state index contributed by atoms with van der Waals surface area (Å²) in [6.07, 6.45) is 1.06. The Morgan fingerprint density at radius 3 is 2.95 bits per heavy atom. The molecule has 0 saturated heterocycles. The van der Waals surface area contributed by atoms with E-state index in [2.05, 4.69) is 64.6 Å². The fourth-order valence-electron chi connectivity index (χ4n) is 2.65. The standard InChI is InChI=1S/C17H18BrNO/c1-12-5-4-7-15(17(12)18)19-11-13-9-10-20-16-8-3-2-6-14(13)16/h2-8,13,19H,9-11H2,1H3. The molecular formula is C17H18BrNO. The van der Waals surface area contributed by atoms with E-state index in [0.29, 0.717) is 5.92 Å². The van der Waals surface area contributed by atoms with Crippen LogP contribution in [-0.2, 0) is 0 Å². The molecule has 0 radical (unpaired) electrons. The highest BCUT2D eigenvalue weighted by molar-refractivity contribution is 9.10. The van der Waals surface area contributed by atoms with E-state index in [0.717, 1.165) is 35.5 Å². The van der Waals surface area contributed by atoms with Crippen molar-refractivity contribution in [2.24, 2.45) is 0 Å². The zero-order valence-electron chi connectivity index (χ0n) is 11.5. The van der Waals surface area contributed by atoms with Gasteiger partial charge >= 0.3 is 0 Å². The van der Waals surface area contributed by atoms with Gasteiger partial charge in [0.05, 0.1) is 6.61 Å². The number of para-hydroxylation sites is 1. The SMILES string of the molecule is Cc1cccc(NCC2CCOc3ccccc32)c1Br. The number of anilines is 1. The van der Waals surface area contributed by atoms with E-state index in [9.17, 15) is 0 Å². The monoisotopic (exact) mass is 331 g/mol. The number of fused-ring (bicyclic) bond motifs is 1. The molecule has 2 nitrogen and oxygen atoms in total. The first-order valence-electron chi connectivity index (χ1n) is 6.96. The number of benzene rings is 2. The topological polar surface area (TPSA) is 21.3 Å². The Morgan fingerprint density at radius 1 is 1.20 bits per heavy atom. The van der Waals surface area contributed by atoms with Crippen molar-refractivity contribution in [1.82, 2.24) is 0 Å². The van der Waals surface area contributed by atoms with Crippen molar-refractivity contribution in [2.75, 3.05) is 18.5 Å². The molecule has 0 fully saturated rings. The lowest BCUT2D eigenvalue weighted by Crippen LogP contribution is -2.20. The predicted octanol–water partition coefficient (Wildman–Crippen LogP) is 4.74. The van der Waals surface area contributed by atoms with Gasteiger partial charge in [0.2, 0.25) is 0 Å². The number of hydrogen-bond donors (Lipinski definition) is 1. The van der Waals surface area contributed by atoms with Crippen LogP contribution in [0, 0.1) is 6.92 Å². The molecule has 3 rings (SSSR count). The van der Waals surface area contributed by atoms with Crippen LogP contribution in [0.4, 0.5) is 5.69 Å². The van der Waals surface area contributed by atoms with Gasteiger partial charge in [0.25, 0.3) is 0 Å². The Morgan fingerprint density at radius 2 is 2.05 bits per heavy atom. The van der Waals surface area contributed by atoms with Gasteiger partial charge in [0.15, 0.2) is 0 Å². The van der Waals surface area contributed by atoms with E-state index in [-0.39, 0.29) is 0 Å². The van der Waals surface area contributed by atoms with Crippen molar-refractivity contribution in [3.05, 3.63) is 58.1 Å². The molecule has 1 heterocycles. The zero-order valence-corrected chi connectivity index (χ0v) is 13.1. The molecule has 2 aromatic carbocycles. The average molecular weight is 332 g/mol. The summed E-state index contributed by atoms with van der Waals surface area (Å²) in [4.78, 5) is 0. The average Bonchev–Trinajstić information content (AvgIpc) is 2.49. The molecule has 1 aliphatic rings. The molecule has 0 amide bonds. The van der Waals surface area contributed by atoms with E-state index >= 15 is 0 Å². The number of nitrogens with one attached hydrogen (secondary N) is 1. The Labute approximate surface area is 128 Å². The smallest absolute Gasteiger partial charge is 0.122 e. The van der Waals surface area contributed by atoms with Crippen LogP contribution in [0.3, 0.4) is 0 Å². The molecule has 1 unspecified atom stereocenters. The summed E-state index contributed by atoms with van der Waals surface area (Å²) >= 11 is 3.65. The lowest BCUT2D eigenvalue weighted by Gasteiger charge is -2.26. The number of ether oxygens (including phenoxy) is 1. The van der Waals surface area contributed by atoms with E-state index in [1.165, 1.54) is 11.1 Å². The van der Waals surface area contributed by atoms with Gasteiger partial charge in [0.1, 0.15) is 5.75 Å². The number of halogens is 1. The predicted molar refractivity (Wildman–Crippen MR) is 86.7 cm³/mol. The van der Waals surface area contributed by atoms with Crippen LogP contribution in [0.1, 0.15) is 23.5 Å². The molecular weight excluding hydrogens is 314 g/mol. The van der Waals surface area contributed by atoms with Gasteiger partial charge in [-0.3, -0.25) is 0 Å². The quantitative estimate of drug-likeness (QED) is 0.877. The third kappa shape index (κ3) is 2.68. The Kier molecular flexibility index (Phi) is 3.97. The summed E-state index contributed by atoms with van der Waals surface area (Å²) in [6, 6.07) is 14.7. The van der Waals surface area contributed by atoms with Gasteiger partial charge in [0, 0.05) is 22.6 Å². The molecule has 20 heavy (non-hydrogen) atoms. The minimum Gasteiger partial charge on any atom is -0.493 e. The van der Waals surface area contributed by atoms with Crippen molar-refractivity contribution < 1.29 is 4.74 Å². The highest BCUT2D eigenvalue weighted by Crippen LogP contribution is 2.34. The second kappa shape index (κ2) is 5.88. The maximum atomic E-state index is 5.71. The summed E-state index contributed by atoms with van der Waals surface area (Å²) in [7, 11) is 0. The normalized spacial score (nSPS) is 17.2. The fourth-order valence-corrected chi connectivity index (χ4v) is 3.05. The van der Waals surface area contributed by atoms with Gasteiger partial charge in [-0.25, -0.2) is 0 Å². The first-order valence-corrected chi connectivity index (χ1v) is 7.75. The summed E-state index contributed by atoms with van der Waals surface area (Å²) in [5.74, 6) is 1.54. The zero-order chi connectivity index (χ0) is 13.9. The Bertz CT molecular complexity index is 612. The van der Waals surface area contributed by atoms with Gasteiger partial charge in [-0.2, -0.15) is 0 Å². The number of hydrogen-bond acceptors (Lipinski definition) is 2. The van der Waals surface area contributed by atoms with Crippen LogP contribution in [0.25, 0.3) is 0 Å².